The number of nitrogens with one attached hydrogen (secondary N) is 1. The summed E-state index contributed by atoms with van der Waals surface area (Å²) in [7, 11) is 0. The van der Waals surface area contributed by atoms with Crippen molar-refractivity contribution in [1.29, 1.82) is 0 Å². The first-order valence-corrected chi connectivity index (χ1v) is 7.80. The zero-order chi connectivity index (χ0) is 13.5. The molecule has 4 nitrogen and oxygen atoms in total. The third-order valence-electron chi connectivity index (χ3n) is 3.61. The number of aliphatic carboxylic acids is 1. The van der Waals surface area contributed by atoms with Crippen LogP contribution < -0.4 is 5.32 Å². The molecular formula is C13H23NO3S. The van der Waals surface area contributed by atoms with Crippen LogP contribution in [0, 0.1) is 11.8 Å². The molecule has 18 heavy (non-hydrogen) atoms. The monoisotopic (exact) mass is 273 g/mol. The highest BCUT2D eigenvalue weighted by Crippen LogP contribution is 2.25. The van der Waals surface area contributed by atoms with Gasteiger partial charge in [0.1, 0.15) is 6.04 Å². The lowest BCUT2D eigenvalue weighted by Crippen LogP contribution is -2.45. The minimum atomic E-state index is -0.933. The Morgan fingerprint density at radius 3 is 2.50 bits per heavy atom. The van der Waals surface area contributed by atoms with Crippen LogP contribution in [-0.4, -0.2) is 34.5 Å². The maximum atomic E-state index is 11.9. The summed E-state index contributed by atoms with van der Waals surface area (Å²) < 4.78 is 0. The maximum Gasteiger partial charge on any atom is 0.326 e. The van der Waals surface area contributed by atoms with E-state index in [2.05, 4.69) is 5.32 Å². The van der Waals surface area contributed by atoms with Gasteiger partial charge in [-0.05, 0) is 36.2 Å². The van der Waals surface area contributed by atoms with Gasteiger partial charge >= 0.3 is 5.97 Å². The molecule has 1 amide bonds. The predicted octanol–water partition coefficient (Wildman–Crippen LogP) is 2.14. The minimum Gasteiger partial charge on any atom is -0.480 e. The first kappa shape index (κ1) is 15.3. The highest BCUT2D eigenvalue weighted by atomic mass is 32.2. The third kappa shape index (κ3) is 4.88. The normalized spacial score (nSPS) is 20.1. The number of amides is 1. The van der Waals surface area contributed by atoms with Crippen LogP contribution in [0.2, 0.25) is 0 Å². The molecule has 1 saturated heterocycles. The van der Waals surface area contributed by atoms with Crippen LogP contribution in [0.4, 0.5) is 0 Å². The Kier molecular flexibility index (Phi) is 6.54. The zero-order valence-electron chi connectivity index (χ0n) is 11.1. The number of thioether (sulfide) groups is 1. The Balaban J connectivity index is 2.42. The van der Waals surface area contributed by atoms with Crippen LogP contribution >= 0.6 is 11.8 Å². The summed E-state index contributed by atoms with van der Waals surface area (Å²) in [6.07, 6.45) is 3.36. The third-order valence-corrected chi connectivity index (χ3v) is 4.66. The number of hydrogen-bond donors (Lipinski definition) is 2. The maximum absolute atomic E-state index is 11.9. The van der Waals surface area contributed by atoms with E-state index < -0.39 is 12.0 Å². The van der Waals surface area contributed by atoms with Gasteiger partial charge < -0.3 is 10.4 Å². The summed E-state index contributed by atoms with van der Waals surface area (Å²) in [6, 6.07) is -0.750. The van der Waals surface area contributed by atoms with Crippen molar-refractivity contribution in [3.8, 4) is 0 Å². The van der Waals surface area contributed by atoms with Crippen molar-refractivity contribution in [2.75, 3.05) is 11.5 Å². The predicted molar refractivity (Wildman–Crippen MR) is 73.7 cm³/mol. The largest absolute Gasteiger partial charge is 0.480 e. The topological polar surface area (TPSA) is 66.4 Å². The molecule has 1 aliphatic rings. The lowest BCUT2D eigenvalue weighted by Gasteiger charge is -2.24. The molecule has 1 aliphatic heterocycles. The Morgan fingerprint density at radius 2 is 2.00 bits per heavy atom. The first-order chi connectivity index (χ1) is 8.54. The highest BCUT2D eigenvalue weighted by Gasteiger charge is 2.26. The first-order valence-electron chi connectivity index (χ1n) is 6.64. The van der Waals surface area contributed by atoms with E-state index in [4.69, 9.17) is 5.11 Å². The molecule has 2 atom stereocenters. The number of carboxylic acid groups (broad SMARTS) is 1. The second kappa shape index (κ2) is 7.67. The Hall–Kier alpha value is -0.710. The van der Waals surface area contributed by atoms with E-state index in [0.717, 1.165) is 30.8 Å². The number of carbonyl (C=O) groups is 2. The van der Waals surface area contributed by atoms with Gasteiger partial charge in [0.05, 0.1) is 0 Å². The average Bonchev–Trinajstić information content (AvgIpc) is 2.36. The summed E-state index contributed by atoms with van der Waals surface area (Å²) in [5.74, 6) is 1.58. The Labute approximate surface area is 113 Å². The molecule has 0 aromatic carbocycles. The van der Waals surface area contributed by atoms with Crippen LogP contribution in [0.5, 0.6) is 0 Å². The van der Waals surface area contributed by atoms with Gasteiger partial charge in [-0.15, -0.1) is 0 Å². The van der Waals surface area contributed by atoms with Gasteiger partial charge in [-0.25, -0.2) is 4.79 Å². The van der Waals surface area contributed by atoms with E-state index in [9.17, 15) is 9.59 Å². The molecular weight excluding hydrogens is 250 g/mol. The SMILES string of the molecule is CC[C@H](C)[C@H](NC(=O)CC1CCSCC1)C(=O)O. The van der Waals surface area contributed by atoms with Crippen molar-refractivity contribution in [3.63, 3.8) is 0 Å². The molecule has 2 N–H and O–H groups in total. The van der Waals surface area contributed by atoms with Crippen molar-refractivity contribution in [1.82, 2.24) is 5.32 Å². The van der Waals surface area contributed by atoms with Gasteiger partial charge in [-0.1, -0.05) is 20.3 Å². The standard InChI is InChI=1S/C13H23NO3S/c1-3-9(2)12(13(16)17)14-11(15)8-10-4-6-18-7-5-10/h9-10,12H,3-8H2,1-2H3,(H,14,15)(H,16,17)/t9-,12-/m0/s1. The molecule has 0 saturated carbocycles. The van der Waals surface area contributed by atoms with E-state index in [0.29, 0.717) is 12.3 Å². The molecule has 1 heterocycles. The zero-order valence-corrected chi connectivity index (χ0v) is 12.0. The molecule has 1 fully saturated rings. The molecule has 104 valence electrons. The number of hydrogen-bond acceptors (Lipinski definition) is 3. The van der Waals surface area contributed by atoms with Crippen LogP contribution in [0.25, 0.3) is 0 Å². The minimum absolute atomic E-state index is 0.0339. The van der Waals surface area contributed by atoms with E-state index >= 15 is 0 Å². The van der Waals surface area contributed by atoms with Gasteiger partial charge in [-0.3, -0.25) is 4.79 Å². The number of carboxylic acids is 1. The molecule has 0 unspecified atom stereocenters. The molecule has 0 aliphatic carbocycles. The van der Waals surface area contributed by atoms with Crippen LogP contribution in [0.3, 0.4) is 0 Å². The summed E-state index contributed by atoms with van der Waals surface area (Å²) >= 11 is 1.93. The summed E-state index contributed by atoms with van der Waals surface area (Å²) in [5.41, 5.74) is 0. The van der Waals surface area contributed by atoms with Gasteiger partial charge in [0, 0.05) is 6.42 Å². The average molecular weight is 273 g/mol. The van der Waals surface area contributed by atoms with Crippen molar-refractivity contribution >= 4 is 23.6 Å². The van der Waals surface area contributed by atoms with Crippen molar-refractivity contribution in [3.05, 3.63) is 0 Å². The second-order valence-electron chi connectivity index (χ2n) is 5.03. The van der Waals surface area contributed by atoms with Crippen molar-refractivity contribution in [2.24, 2.45) is 11.8 Å². The van der Waals surface area contributed by atoms with Crippen LogP contribution in [-0.2, 0) is 9.59 Å². The quantitative estimate of drug-likeness (QED) is 0.778. The molecule has 0 radical (unpaired) electrons. The number of rotatable bonds is 6. The summed E-state index contributed by atoms with van der Waals surface area (Å²) in [6.45, 7) is 3.79. The van der Waals surface area contributed by atoms with E-state index in [1.54, 1.807) is 0 Å². The fourth-order valence-corrected chi connectivity index (χ4v) is 3.33. The lowest BCUT2D eigenvalue weighted by molar-refractivity contribution is -0.143. The second-order valence-corrected chi connectivity index (χ2v) is 6.25. The van der Waals surface area contributed by atoms with E-state index in [1.165, 1.54) is 0 Å². The van der Waals surface area contributed by atoms with Gasteiger partial charge in [0.2, 0.25) is 5.91 Å². The molecule has 5 heteroatoms. The van der Waals surface area contributed by atoms with E-state index in [-0.39, 0.29) is 11.8 Å². The van der Waals surface area contributed by atoms with E-state index in [1.807, 2.05) is 25.6 Å². The molecule has 0 spiro atoms. The molecule has 0 aromatic rings. The summed E-state index contributed by atoms with van der Waals surface area (Å²) in [5, 5.41) is 11.8. The smallest absolute Gasteiger partial charge is 0.326 e. The highest BCUT2D eigenvalue weighted by molar-refractivity contribution is 7.99. The lowest BCUT2D eigenvalue weighted by atomic mass is 9.96. The van der Waals surface area contributed by atoms with Crippen LogP contribution in [0.15, 0.2) is 0 Å². The van der Waals surface area contributed by atoms with Gasteiger partial charge in [0.25, 0.3) is 0 Å². The van der Waals surface area contributed by atoms with Crippen LogP contribution in [0.1, 0.15) is 39.5 Å². The van der Waals surface area contributed by atoms with Gasteiger partial charge in [0.15, 0.2) is 0 Å². The van der Waals surface area contributed by atoms with Gasteiger partial charge in [-0.2, -0.15) is 11.8 Å². The fourth-order valence-electron chi connectivity index (χ4n) is 2.13. The molecule has 1 rings (SSSR count). The summed E-state index contributed by atoms with van der Waals surface area (Å²) in [4.78, 5) is 23.0. The Bertz CT molecular complexity index is 290. The number of carbonyl (C=O) groups excluding carboxylic acids is 1. The van der Waals surface area contributed by atoms with Crippen molar-refractivity contribution in [2.45, 2.75) is 45.6 Å². The van der Waals surface area contributed by atoms with Crippen molar-refractivity contribution < 1.29 is 14.7 Å². The Morgan fingerprint density at radius 1 is 1.39 bits per heavy atom. The fraction of sp³-hybridized carbons (Fsp3) is 0.846. The molecule has 0 bridgehead atoms. The molecule has 0 aromatic heterocycles.